The molecule has 0 unspecified atom stereocenters. The molecule has 1 aliphatic heterocycles. The largest absolute Gasteiger partial charge is 0.478 e. The average Bonchev–Trinajstić information content (AvgIpc) is 3.13. The highest BCUT2D eigenvalue weighted by atomic mass is 16.5. The van der Waals surface area contributed by atoms with Gasteiger partial charge in [0.1, 0.15) is 12.3 Å². The van der Waals surface area contributed by atoms with Crippen LogP contribution in [0.15, 0.2) is 54.7 Å². The molecule has 2 heterocycles. The minimum atomic E-state index is -0.547. The van der Waals surface area contributed by atoms with Crippen molar-refractivity contribution < 1.29 is 14.3 Å². The lowest BCUT2D eigenvalue weighted by atomic mass is 10.1. The fraction of sp³-hybridized carbons (Fsp3) is 0.273. The third kappa shape index (κ3) is 3.45. The van der Waals surface area contributed by atoms with E-state index in [2.05, 4.69) is 16.4 Å². The summed E-state index contributed by atoms with van der Waals surface area (Å²) in [6, 6.07) is 15.4. The van der Waals surface area contributed by atoms with Crippen molar-refractivity contribution in [2.45, 2.75) is 25.9 Å². The number of hydrogen-bond acceptors (Lipinski definition) is 3. The first-order valence-electron chi connectivity index (χ1n) is 9.56. The van der Waals surface area contributed by atoms with Crippen LogP contribution in [-0.2, 0) is 16.0 Å². The third-order valence-corrected chi connectivity index (χ3v) is 5.03. The number of ether oxygens (including phenoxy) is 1. The number of H-pyrrole nitrogens is 1. The molecule has 0 saturated carbocycles. The quantitative estimate of drug-likeness (QED) is 0.693. The Labute approximate surface area is 163 Å². The van der Waals surface area contributed by atoms with Gasteiger partial charge < -0.3 is 15.0 Å². The van der Waals surface area contributed by atoms with Gasteiger partial charge in [0.2, 0.25) is 5.91 Å². The second-order valence-corrected chi connectivity index (χ2v) is 6.87. The molecule has 2 aromatic carbocycles. The Kier molecular flexibility index (Phi) is 5.02. The molecule has 1 atom stereocenters. The van der Waals surface area contributed by atoms with Crippen molar-refractivity contribution in [2.75, 3.05) is 18.0 Å². The van der Waals surface area contributed by atoms with E-state index in [1.54, 1.807) is 6.07 Å². The summed E-state index contributed by atoms with van der Waals surface area (Å²) < 4.78 is 5.75. The number of rotatable bonds is 6. The number of nitrogens with zero attached hydrogens (tertiary/aromatic N) is 1. The Morgan fingerprint density at radius 3 is 2.82 bits per heavy atom. The Morgan fingerprint density at radius 2 is 1.96 bits per heavy atom. The van der Waals surface area contributed by atoms with E-state index in [1.807, 2.05) is 49.5 Å². The molecule has 4 rings (SSSR count). The molecule has 2 N–H and O–H groups in total. The molecule has 6 heteroatoms. The van der Waals surface area contributed by atoms with Crippen molar-refractivity contribution in [3.05, 3.63) is 60.3 Å². The number of amides is 2. The fourth-order valence-corrected chi connectivity index (χ4v) is 3.57. The number of aromatic amines is 1. The van der Waals surface area contributed by atoms with E-state index >= 15 is 0 Å². The van der Waals surface area contributed by atoms with Crippen LogP contribution in [0.3, 0.4) is 0 Å². The van der Waals surface area contributed by atoms with E-state index in [9.17, 15) is 9.59 Å². The zero-order valence-corrected chi connectivity index (χ0v) is 15.8. The number of fused-ring (bicyclic) bond motifs is 2. The number of nitrogens with one attached hydrogen (secondary N) is 2. The van der Waals surface area contributed by atoms with Gasteiger partial charge in [-0.05, 0) is 36.6 Å². The van der Waals surface area contributed by atoms with Crippen LogP contribution >= 0.6 is 0 Å². The van der Waals surface area contributed by atoms with Gasteiger partial charge in [-0.3, -0.25) is 14.5 Å². The smallest absolute Gasteiger partial charge is 0.268 e. The van der Waals surface area contributed by atoms with Gasteiger partial charge in [-0.2, -0.15) is 0 Å². The highest BCUT2D eigenvalue weighted by Gasteiger charge is 2.34. The van der Waals surface area contributed by atoms with Crippen LogP contribution in [0.25, 0.3) is 10.9 Å². The molecule has 0 saturated heterocycles. The van der Waals surface area contributed by atoms with Crippen molar-refractivity contribution in [1.82, 2.24) is 10.3 Å². The van der Waals surface area contributed by atoms with E-state index in [0.717, 1.165) is 17.5 Å². The Balaban J connectivity index is 1.40. The summed E-state index contributed by atoms with van der Waals surface area (Å²) in [4.78, 5) is 29.9. The minimum absolute atomic E-state index is 0.0103. The second-order valence-electron chi connectivity index (χ2n) is 6.87. The Hall–Kier alpha value is -3.28. The van der Waals surface area contributed by atoms with Crippen LogP contribution < -0.4 is 15.0 Å². The van der Waals surface area contributed by atoms with Crippen molar-refractivity contribution in [3.8, 4) is 5.75 Å². The van der Waals surface area contributed by atoms with E-state index in [-0.39, 0.29) is 18.4 Å². The lowest BCUT2D eigenvalue weighted by Crippen LogP contribution is -2.49. The molecule has 2 amide bonds. The first-order valence-corrected chi connectivity index (χ1v) is 9.56. The summed E-state index contributed by atoms with van der Waals surface area (Å²) in [7, 11) is 0. The number of carbonyl (C=O) groups excluding carboxylic acids is 2. The summed E-state index contributed by atoms with van der Waals surface area (Å²) in [5.74, 6) is 0.285. The summed E-state index contributed by atoms with van der Waals surface area (Å²) in [6.45, 7) is 2.40. The first-order chi connectivity index (χ1) is 13.7. The number of aromatic nitrogens is 1. The van der Waals surface area contributed by atoms with E-state index in [4.69, 9.17) is 4.74 Å². The van der Waals surface area contributed by atoms with Crippen LogP contribution in [0, 0.1) is 0 Å². The topological polar surface area (TPSA) is 74.4 Å². The fourth-order valence-electron chi connectivity index (χ4n) is 3.57. The molecule has 0 bridgehead atoms. The molecular weight excluding hydrogens is 354 g/mol. The Bertz CT molecular complexity index is 1010. The normalized spacial score (nSPS) is 16.0. The van der Waals surface area contributed by atoms with Gasteiger partial charge in [-0.1, -0.05) is 37.3 Å². The lowest BCUT2D eigenvalue weighted by Gasteiger charge is -2.33. The number of hydrogen-bond donors (Lipinski definition) is 2. The average molecular weight is 377 g/mol. The van der Waals surface area contributed by atoms with Gasteiger partial charge >= 0.3 is 0 Å². The maximum Gasteiger partial charge on any atom is 0.268 e. The van der Waals surface area contributed by atoms with E-state index in [1.165, 1.54) is 10.3 Å². The van der Waals surface area contributed by atoms with E-state index < -0.39 is 6.10 Å². The van der Waals surface area contributed by atoms with E-state index in [0.29, 0.717) is 24.4 Å². The predicted molar refractivity (Wildman–Crippen MR) is 109 cm³/mol. The van der Waals surface area contributed by atoms with Crippen LogP contribution in [0.2, 0.25) is 0 Å². The van der Waals surface area contributed by atoms with Gasteiger partial charge in [-0.25, -0.2) is 0 Å². The monoisotopic (exact) mass is 377 g/mol. The minimum Gasteiger partial charge on any atom is -0.478 e. The maximum absolute atomic E-state index is 12.7. The van der Waals surface area contributed by atoms with Gasteiger partial charge in [0.15, 0.2) is 6.10 Å². The van der Waals surface area contributed by atoms with Crippen LogP contribution in [0.4, 0.5) is 5.69 Å². The molecule has 0 fully saturated rings. The Morgan fingerprint density at radius 1 is 1.18 bits per heavy atom. The second kappa shape index (κ2) is 7.76. The number of benzene rings is 2. The van der Waals surface area contributed by atoms with Gasteiger partial charge in [-0.15, -0.1) is 0 Å². The standard InChI is InChI=1S/C22H23N3O3/c1-2-19-22(27)25(18-9-5-6-10-20(18)28-19)14-21(26)23-12-11-15-13-24-17-8-4-3-7-16(15)17/h3-10,13,19,24H,2,11-12,14H2,1H3,(H,23,26)/t19-/m1/s1. The SMILES string of the molecule is CC[C@H]1Oc2ccccc2N(CC(=O)NCCc2c[nH]c3ccccc23)C1=O. The molecule has 3 aromatic rings. The predicted octanol–water partition coefficient (Wildman–Crippen LogP) is 3.03. The molecule has 1 aromatic heterocycles. The molecular formula is C22H23N3O3. The molecule has 144 valence electrons. The van der Waals surface area contributed by atoms with Gasteiger partial charge in [0, 0.05) is 23.6 Å². The van der Waals surface area contributed by atoms with Crippen LogP contribution in [-0.4, -0.2) is 36.0 Å². The van der Waals surface area contributed by atoms with Gasteiger partial charge in [0.25, 0.3) is 5.91 Å². The van der Waals surface area contributed by atoms with Gasteiger partial charge in [0.05, 0.1) is 5.69 Å². The number of anilines is 1. The van der Waals surface area contributed by atoms with Crippen molar-refractivity contribution in [1.29, 1.82) is 0 Å². The highest BCUT2D eigenvalue weighted by molar-refractivity contribution is 6.03. The van der Waals surface area contributed by atoms with Crippen molar-refractivity contribution in [3.63, 3.8) is 0 Å². The molecule has 28 heavy (non-hydrogen) atoms. The molecule has 0 radical (unpaired) electrons. The molecule has 6 nitrogen and oxygen atoms in total. The first kappa shape index (κ1) is 18.1. The third-order valence-electron chi connectivity index (χ3n) is 5.03. The summed E-state index contributed by atoms with van der Waals surface area (Å²) in [6.07, 6.45) is 2.71. The lowest BCUT2D eigenvalue weighted by molar-refractivity contribution is -0.129. The van der Waals surface area contributed by atoms with Crippen LogP contribution in [0.5, 0.6) is 5.75 Å². The van der Waals surface area contributed by atoms with Crippen molar-refractivity contribution >= 4 is 28.4 Å². The number of para-hydroxylation sites is 3. The summed E-state index contributed by atoms with van der Waals surface area (Å²) >= 11 is 0. The van der Waals surface area contributed by atoms with Crippen LogP contribution in [0.1, 0.15) is 18.9 Å². The maximum atomic E-state index is 12.7. The van der Waals surface area contributed by atoms with Crippen molar-refractivity contribution in [2.24, 2.45) is 0 Å². The molecule has 0 spiro atoms. The number of carbonyl (C=O) groups is 2. The highest BCUT2D eigenvalue weighted by Crippen LogP contribution is 2.34. The summed E-state index contributed by atoms with van der Waals surface area (Å²) in [5.41, 5.74) is 2.89. The molecule has 0 aliphatic carbocycles. The zero-order valence-electron chi connectivity index (χ0n) is 15.8. The zero-order chi connectivity index (χ0) is 19.5. The summed E-state index contributed by atoms with van der Waals surface area (Å²) in [5, 5.41) is 4.10. The molecule has 1 aliphatic rings.